The molecule has 4 nitrogen and oxygen atoms in total. The first-order valence-electron chi connectivity index (χ1n) is 7.07. The summed E-state index contributed by atoms with van der Waals surface area (Å²) in [6, 6.07) is 1.13. The molecule has 0 aliphatic carbocycles. The summed E-state index contributed by atoms with van der Waals surface area (Å²) in [5.74, 6) is -0.481. The molecule has 0 aromatic heterocycles. The lowest BCUT2D eigenvalue weighted by molar-refractivity contribution is -0.113. The maximum Gasteiger partial charge on any atom is 0.314 e. The Morgan fingerprint density at radius 2 is 1.35 bits per heavy atom. The van der Waals surface area contributed by atoms with Crippen LogP contribution in [0.5, 0.6) is 0 Å². The Morgan fingerprint density at radius 3 is 1.50 bits per heavy atom. The molecule has 120 valence electrons. The van der Waals surface area contributed by atoms with Gasteiger partial charge >= 0.3 is 8.56 Å². The van der Waals surface area contributed by atoms with Crippen molar-refractivity contribution in [3.05, 3.63) is 12.7 Å². The lowest BCUT2D eigenvalue weighted by Gasteiger charge is -2.38. The second kappa shape index (κ2) is 8.93. The van der Waals surface area contributed by atoms with E-state index in [1.165, 1.54) is 0 Å². The van der Waals surface area contributed by atoms with Crippen LogP contribution in [-0.2, 0) is 13.0 Å². The van der Waals surface area contributed by atoms with E-state index >= 15 is 0 Å². The van der Waals surface area contributed by atoms with E-state index in [0.29, 0.717) is 0 Å². The second-order valence-electron chi connectivity index (χ2n) is 6.92. The predicted octanol–water partition coefficient (Wildman–Crippen LogP) is 3.83. The topological polar surface area (TPSA) is 61.6 Å². The second-order valence-corrected chi connectivity index (χ2v) is 19.8. The van der Waals surface area contributed by atoms with Crippen molar-refractivity contribution in [3.63, 3.8) is 0 Å². The number of hydrogen-bond donors (Lipinski definition) is 1. The van der Waals surface area contributed by atoms with Crippen LogP contribution in [0.3, 0.4) is 0 Å². The largest absolute Gasteiger partial charge is 0.437 e. The van der Waals surface area contributed by atoms with Crippen LogP contribution in [0.25, 0.3) is 0 Å². The summed E-state index contributed by atoms with van der Waals surface area (Å²) in [5, 5.41) is 0. The molecular formula is C13H33NO3Si3. The van der Waals surface area contributed by atoms with Crippen molar-refractivity contribution < 1.29 is 13.0 Å². The normalized spacial score (nSPS) is 12.4. The highest BCUT2D eigenvalue weighted by atomic mass is 28.5. The maximum absolute atomic E-state index is 9.47. The zero-order valence-electron chi connectivity index (χ0n) is 14.5. The van der Waals surface area contributed by atoms with Crippen LogP contribution in [0.1, 0.15) is 13.3 Å². The number of carbonyl (C=O) groups is 1. The smallest absolute Gasteiger partial charge is 0.314 e. The summed E-state index contributed by atoms with van der Waals surface area (Å²) < 4.78 is 12.7. The monoisotopic (exact) mass is 335 g/mol. The van der Waals surface area contributed by atoms with Crippen LogP contribution in [-0.4, -0.2) is 31.1 Å². The highest BCUT2D eigenvalue weighted by Crippen LogP contribution is 2.24. The summed E-state index contributed by atoms with van der Waals surface area (Å²) in [6.07, 6.45) is 2.22. The van der Waals surface area contributed by atoms with E-state index < -0.39 is 31.1 Å². The zero-order chi connectivity index (χ0) is 16.6. The molecule has 0 spiro atoms. The van der Waals surface area contributed by atoms with Gasteiger partial charge in [-0.05, 0) is 57.9 Å². The van der Waals surface area contributed by atoms with Gasteiger partial charge in [-0.1, -0.05) is 19.9 Å². The fraction of sp³-hybridized carbons (Fsp3) is 0.769. The van der Waals surface area contributed by atoms with Gasteiger partial charge in [0, 0.05) is 0 Å². The van der Waals surface area contributed by atoms with Gasteiger partial charge in [-0.25, -0.2) is 0 Å². The number of amides is 1. The zero-order valence-corrected chi connectivity index (χ0v) is 17.5. The molecular weight excluding hydrogens is 302 g/mol. The third kappa shape index (κ3) is 15.8. The minimum absolute atomic E-state index is 0.481. The average Bonchev–Trinajstić information content (AvgIpc) is 2.11. The van der Waals surface area contributed by atoms with Gasteiger partial charge in [0.2, 0.25) is 5.91 Å². The molecule has 0 rings (SSSR count). The van der Waals surface area contributed by atoms with Crippen LogP contribution >= 0.6 is 0 Å². The molecule has 0 aliphatic rings. The summed E-state index contributed by atoms with van der Waals surface area (Å²) in [7, 11) is -4.84. The highest BCUT2D eigenvalue weighted by molar-refractivity contribution is 6.87. The molecule has 0 saturated heterocycles. The van der Waals surface area contributed by atoms with E-state index in [4.69, 9.17) is 8.23 Å². The van der Waals surface area contributed by atoms with Crippen molar-refractivity contribution in [1.29, 1.82) is 0 Å². The molecule has 0 fully saturated rings. The van der Waals surface area contributed by atoms with Gasteiger partial charge in [0.25, 0.3) is 0 Å². The summed E-state index contributed by atoms with van der Waals surface area (Å²) in [6.45, 7) is 21.1. The number of rotatable bonds is 7. The third-order valence-electron chi connectivity index (χ3n) is 1.95. The van der Waals surface area contributed by atoms with Gasteiger partial charge in [0.05, 0.1) is 0 Å². The molecule has 0 radical (unpaired) electrons. The molecule has 20 heavy (non-hydrogen) atoms. The van der Waals surface area contributed by atoms with Gasteiger partial charge in [-0.3, -0.25) is 4.79 Å². The number of carbonyl (C=O) groups excluding carboxylic acids is 1. The van der Waals surface area contributed by atoms with Crippen LogP contribution in [0.15, 0.2) is 12.7 Å². The Hall–Kier alpha value is -0.219. The van der Waals surface area contributed by atoms with E-state index in [1.54, 1.807) is 0 Å². The highest BCUT2D eigenvalue weighted by Gasteiger charge is 2.39. The van der Waals surface area contributed by atoms with Crippen molar-refractivity contribution in [3.8, 4) is 0 Å². The van der Waals surface area contributed by atoms with Gasteiger partial charge in [0.15, 0.2) is 16.6 Å². The van der Waals surface area contributed by atoms with E-state index in [1.807, 2.05) is 0 Å². The van der Waals surface area contributed by atoms with Crippen molar-refractivity contribution in [1.82, 2.24) is 0 Å². The summed E-state index contributed by atoms with van der Waals surface area (Å²) >= 11 is 0. The van der Waals surface area contributed by atoms with Gasteiger partial charge < -0.3 is 14.0 Å². The minimum atomic E-state index is -1.90. The Bertz CT molecular complexity index is 293. The van der Waals surface area contributed by atoms with E-state index in [-0.39, 0.29) is 0 Å². The van der Waals surface area contributed by atoms with Crippen molar-refractivity contribution in [2.45, 2.75) is 65.2 Å². The maximum atomic E-state index is 9.47. The van der Waals surface area contributed by atoms with E-state index in [9.17, 15) is 4.79 Å². The Morgan fingerprint density at radius 1 is 1.05 bits per heavy atom. The molecule has 2 N–H and O–H groups in total. The quantitative estimate of drug-likeness (QED) is 0.568. The van der Waals surface area contributed by atoms with E-state index in [0.717, 1.165) is 18.5 Å². The van der Waals surface area contributed by atoms with Crippen molar-refractivity contribution in [2.24, 2.45) is 5.73 Å². The molecule has 0 bridgehead atoms. The van der Waals surface area contributed by atoms with Crippen LogP contribution in [0.4, 0.5) is 0 Å². The molecule has 0 aromatic carbocycles. The first-order valence-corrected chi connectivity index (χ1v) is 16.4. The van der Waals surface area contributed by atoms with Gasteiger partial charge in [0.1, 0.15) is 0 Å². The standard InChI is InChI=1S/C10H28O2Si3.C3H5NO/c1-9-10-15(8,11-13(2,3)4)12-14(5,6)7;1-2-3(4)5/h9-10H2,1-8H3;2H,1H2,(H2,4,5). The van der Waals surface area contributed by atoms with Crippen LogP contribution in [0, 0.1) is 0 Å². The summed E-state index contributed by atoms with van der Waals surface area (Å²) in [4.78, 5) is 9.47. The molecule has 0 unspecified atom stereocenters. The van der Waals surface area contributed by atoms with Crippen molar-refractivity contribution >= 4 is 31.1 Å². The fourth-order valence-electron chi connectivity index (χ4n) is 1.87. The molecule has 0 heterocycles. The van der Waals surface area contributed by atoms with Gasteiger partial charge in [-0.15, -0.1) is 0 Å². The Kier molecular flexibility index (Phi) is 9.86. The first-order chi connectivity index (χ1) is 8.74. The van der Waals surface area contributed by atoms with Crippen LogP contribution < -0.4 is 5.73 Å². The Balaban J connectivity index is 0. The van der Waals surface area contributed by atoms with Crippen molar-refractivity contribution in [2.75, 3.05) is 0 Å². The third-order valence-corrected chi connectivity index (χ3v) is 11.7. The lowest BCUT2D eigenvalue weighted by Crippen LogP contribution is -2.52. The fourth-order valence-corrected chi connectivity index (χ4v) is 14.5. The average molecular weight is 336 g/mol. The predicted molar refractivity (Wildman–Crippen MR) is 95.0 cm³/mol. The van der Waals surface area contributed by atoms with Gasteiger partial charge in [-0.2, -0.15) is 0 Å². The number of hydrogen-bond acceptors (Lipinski definition) is 3. The molecule has 7 heteroatoms. The Labute approximate surface area is 128 Å². The molecule has 0 aromatic rings. The summed E-state index contributed by atoms with van der Waals surface area (Å²) in [5.41, 5.74) is 4.53. The molecule has 0 atom stereocenters. The number of nitrogens with two attached hydrogens (primary N) is 1. The molecule has 0 aliphatic heterocycles. The van der Waals surface area contributed by atoms with E-state index in [2.05, 4.69) is 65.1 Å². The molecule has 0 saturated carbocycles. The minimum Gasteiger partial charge on any atom is -0.437 e. The molecule has 1 amide bonds. The number of primary amides is 1. The van der Waals surface area contributed by atoms with Crippen LogP contribution in [0.2, 0.25) is 51.9 Å². The SMILES string of the molecule is C=CC(N)=O.CCC[Si](C)(O[Si](C)(C)C)O[Si](C)(C)C. The first kappa shape index (κ1) is 22.1. The lowest BCUT2D eigenvalue weighted by atomic mass is 10.6.